The highest BCUT2D eigenvalue weighted by atomic mass is 32.1. The summed E-state index contributed by atoms with van der Waals surface area (Å²) in [5, 5.41) is 4.84. The fourth-order valence-corrected chi connectivity index (χ4v) is 3.20. The molecule has 0 saturated carbocycles. The molecule has 0 bridgehead atoms. The number of hydrogen-bond acceptors (Lipinski definition) is 3. The molecule has 21 heavy (non-hydrogen) atoms. The van der Waals surface area contributed by atoms with Gasteiger partial charge < -0.3 is 5.32 Å². The highest BCUT2D eigenvalue weighted by Gasteiger charge is 2.18. The molecule has 1 aromatic heterocycles. The van der Waals surface area contributed by atoms with E-state index >= 15 is 0 Å². The molecule has 2 nitrogen and oxygen atoms in total. The zero-order valence-electron chi connectivity index (χ0n) is 13.7. The largest absolute Gasteiger partial charge is 0.307 e. The summed E-state index contributed by atoms with van der Waals surface area (Å²) in [5.74, 6) is 0.529. The van der Waals surface area contributed by atoms with Gasteiger partial charge >= 0.3 is 0 Å². The van der Waals surface area contributed by atoms with Gasteiger partial charge in [0.15, 0.2) is 0 Å². The van der Waals surface area contributed by atoms with Gasteiger partial charge in [0.2, 0.25) is 0 Å². The maximum atomic E-state index is 4.93. The molecule has 0 saturated heterocycles. The molecule has 1 N–H and O–H groups in total. The Morgan fingerprint density at radius 2 is 1.86 bits per heavy atom. The molecular formula is C18H26N2S. The molecule has 0 aliphatic heterocycles. The Balaban J connectivity index is 2.34. The fourth-order valence-electron chi connectivity index (χ4n) is 2.04. The van der Waals surface area contributed by atoms with Gasteiger partial charge in [0.05, 0.1) is 10.7 Å². The Bertz CT molecular complexity index is 567. The van der Waals surface area contributed by atoms with E-state index in [1.54, 1.807) is 0 Å². The van der Waals surface area contributed by atoms with E-state index in [2.05, 4.69) is 70.3 Å². The lowest BCUT2D eigenvalue weighted by Crippen LogP contribution is -2.34. The number of nitrogens with one attached hydrogen (secondary N) is 1. The highest BCUT2D eigenvalue weighted by molar-refractivity contribution is 7.12. The van der Waals surface area contributed by atoms with Crippen molar-refractivity contribution in [2.45, 2.75) is 59.0 Å². The number of benzene rings is 1. The number of thiazole rings is 1. The molecule has 114 valence electrons. The van der Waals surface area contributed by atoms with Crippen LogP contribution in [0.3, 0.4) is 0 Å². The standard InChI is InChI=1S/C18H26N2S/c1-6-13(2)17-20-16(14-10-8-7-9-11-14)15(21-17)12-19-18(3,4)5/h7-11,13,19H,6,12H2,1-5H3. The first-order chi connectivity index (χ1) is 9.90. The van der Waals surface area contributed by atoms with Crippen molar-refractivity contribution < 1.29 is 0 Å². The van der Waals surface area contributed by atoms with E-state index in [0.717, 1.165) is 18.7 Å². The first kappa shape index (κ1) is 16.2. The number of nitrogens with zero attached hydrogens (tertiary/aromatic N) is 1. The van der Waals surface area contributed by atoms with Crippen LogP contribution in [0, 0.1) is 0 Å². The van der Waals surface area contributed by atoms with E-state index in [4.69, 9.17) is 4.98 Å². The number of hydrogen-bond donors (Lipinski definition) is 1. The summed E-state index contributed by atoms with van der Waals surface area (Å²) in [6.07, 6.45) is 1.13. The van der Waals surface area contributed by atoms with Crippen molar-refractivity contribution in [3.8, 4) is 11.3 Å². The minimum Gasteiger partial charge on any atom is -0.307 e. The highest BCUT2D eigenvalue weighted by Crippen LogP contribution is 2.33. The molecular weight excluding hydrogens is 276 g/mol. The SMILES string of the molecule is CCC(C)c1nc(-c2ccccc2)c(CNC(C)(C)C)s1. The monoisotopic (exact) mass is 302 g/mol. The zero-order valence-corrected chi connectivity index (χ0v) is 14.6. The van der Waals surface area contributed by atoms with Crippen molar-refractivity contribution in [3.63, 3.8) is 0 Å². The molecule has 1 heterocycles. The van der Waals surface area contributed by atoms with Crippen LogP contribution in [0.5, 0.6) is 0 Å². The van der Waals surface area contributed by atoms with E-state index < -0.39 is 0 Å². The van der Waals surface area contributed by atoms with Crippen LogP contribution in [-0.4, -0.2) is 10.5 Å². The van der Waals surface area contributed by atoms with Gasteiger partial charge in [-0.05, 0) is 27.2 Å². The van der Waals surface area contributed by atoms with Crippen molar-refractivity contribution in [2.24, 2.45) is 0 Å². The van der Waals surface area contributed by atoms with Gasteiger partial charge in [-0.1, -0.05) is 44.2 Å². The minimum absolute atomic E-state index is 0.120. The van der Waals surface area contributed by atoms with Gasteiger partial charge in [-0.15, -0.1) is 11.3 Å². The molecule has 1 aromatic carbocycles. The molecule has 2 aromatic rings. The quantitative estimate of drug-likeness (QED) is 0.820. The van der Waals surface area contributed by atoms with Crippen molar-refractivity contribution in [2.75, 3.05) is 0 Å². The van der Waals surface area contributed by atoms with Gasteiger partial charge in [-0.3, -0.25) is 0 Å². The molecule has 0 amide bonds. The zero-order chi connectivity index (χ0) is 15.5. The van der Waals surface area contributed by atoms with Crippen LogP contribution in [0.1, 0.15) is 56.8 Å². The Morgan fingerprint density at radius 3 is 2.43 bits per heavy atom. The molecule has 1 unspecified atom stereocenters. The second-order valence-corrected chi connectivity index (χ2v) is 7.72. The van der Waals surface area contributed by atoms with Crippen LogP contribution in [0.15, 0.2) is 30.3 Å². The van der Waals surface area contributed by atoms with Crippen molar-refractivity contribution >= 4 is 11.3 Å². The lowest BCUT2D eigenvalue weighted by Gasteiger charge is -2.20. The van der Waals surface area contributed by atoms with Crippen LogP contribution < -0.4 is 5.32 Å². The van der Waals surface area contributed by atoms with Crippen molar-refractivity contribution in [1.82, 2.24) is 10.3 Å². The third-order valence-corrected chi connectivity index (χ3v) is 4.86. The summed E-state index contributed by atoms with van der Waals surface area (Å²) in [4.78, 5) is 6.27. The van der Waals surface area contributed by atoms with Gasteiger partial charge in [0.1, 0.15) is 0 Å². The Kier molecular flexibility index (Phi) is 5.17. The summed E-state index contributed by atoms with van der Waals surface area (Å²) in [6, 6.07) is 10.5. The minimum atomic E-state index is 0.120. The molecule has 0 fully saturated rings. The maximum absolute atomic E-state index is 4.93. The van der Waals surface area contributed by atoms with Gasteiger partial charge in [0.25, 0.3) is 0 Å². The van der Waals surface area contributed by atoms with Crippen LogP contribution in [0.4, 0.5) is 0 Å². The molecule has 2 rings (SSSR count). The van der Waals surface area contributed by atoms with Gasteiger partial charge in [0, 0.05) is 28.4 Å². The summed E-state index contributed by atoms with van der Waals surface area (Å²) in [6.45, 7) is 12.0. The van der Waals surface area contributed by atoms with Gasteiger partial charge in [-0.25, -0.2) is 4.98 Å². The van der Waals surface area contributed by atoms with Crippen LogP contribution in [0.25, 0.3) is 11.3 Å². The molecule has 0 aliphatic rings. The van der Waals surface area contributed by atoms with Crippen LogP contribution in [0.2, 0.25) is 0 Å². The van der Waals surface area contributed by atoms with Crippen molar-refractivity contribution in [3.05, 3.63) is 40.2 Å². The summed E-state index contributed by atoms with van der Waals surface area (Å²) < 4.78 is 0. The topological polar surface area (TPSA) is 24.9 Å². The summed E-state index contributed by atoms with van der Waals surface area (Å²) in [5.41, 5.74) is 2.48. The Morgan fingerprint density at radius 1 is 1.19 bits per heavy atom. The fraction of sp³-hybridized carbons (Fsp3) is 0.500. The number of aromatic nitrogens is 1. The lowest BCUT2D eigenvalue weighted by molar-refractivity contribution is 0.426. The van der Waals surface area contributed by atoms with Crippen LogP contribution in [-0.2, 0) is 6.54 Å². The van der Waals surface area contributed by atoms with E-state index in [1.807, 2.05) is 11.3 Å². The normalized spacial score (nSPS) is 13.4. The van der Waals surface area contributed by atoms with Crippen molar-refractivity contribution in [1.29, 1.82) is 0 Å². The first-order valence-corrected chi connectivity index (χ1v) is 8.52. The smallest absolute Gasteiger partial charge is 0.0964 e. The van der Waals surface area contributed by atoms with Crippen LogP contribution >= 0.6 is 11.3 Å². The molecule has 3 heteroatoms. The third kappa shape index (κ3) is 4.39. The Hall–Kier alpha value is -1.19. The Labute approximate surface area is 132 Å². The summed E-state index contributed by atoms with van der Waals surface area (Å²) in [7, 11) is 0. The molecule has 0 aliphatic carbocycles. The second kappa shape index (κ2) is 6.71. The lowest BCUT2D eigenvalue weighted by atomic mass is 10.1. The van der Waals surface area contributed by atoms with E-state index in [1.165, 1.54) is 15.4 Å². The predicted octanol–water partition coefficient (Wildman–Crippen LogP) is 5.21. The van der Waals surface area contributed by atoms with E-state index in [0.29, 0.717) is 5.92 Å². The first-order valence-electron chi connectivity index (χ1n) is 7.70. The summed E-state index contributed by atoms with van der Waals surface area (Å²) >= 11 is 1.85. The molecule has 1 atom stereocenters. The second-order valence-electron chi connectivity index (χ2n) is 6.60. The third-order valence-electron chi connectivity index (χ3n) is 3.57. The van der Waals surface area contributed by atoms with E-state index in [9.17, 15) is 0 Å². The molecule has 0 spiro atoms. The number of rotatable bonds is 5. The molecule has 0 radical (unpaired) electrons. The maximum Gasteiger partial charge on any atom is 0.0964 e. The average molecular weight is 302 g/mol. The van der Waals surface area contributed by atoms with Gasteiger partial charge in [-0.2, -0.15) is 0 Å². The predicted molar refractivity (Wildman–Crippen MR) is 92.8 cm³/mol. The average Bonchev–Trinajstić information content (AvgIpc) is 2.89. The van der Waals surface area contributed by atoms with E-state index in [-0.39, 0.29) is 5.54 Å².